The monoisotopic (exact) mass is 439 g/mol. The fourth-order valence-corrected chi connectivity index (χ4v) is 4.35. The number of aromatic nitrogens is 1. The van der Waals surface area contributed by atoms with Gasteiger partial charge in [0.1, 0.15) is 5.69 Å². The Hall–Kier alpha value is -2.57. The fourth-order valence-electron chi connectivity index (χ4n) is 2.85. The fraction of sp³-hybridized carbons (Fsp3) is 0.208. The molecule has 0 amide bonds. The zero-order valence-electron chi connectivity index (χ0n) is 17.2. The van der Waals surface area contributed by atoms with Crippen LogP contribution in [0.15, 0.2) is 87.1 Å². The molecule has 0 bridgehead atoms. The van der Waals surface area contributed by atoms with Gasteiger partial charge in [0.2, 0.25) is 5.89 Å². The molecule has 30 heavy (non-hydrogen) atoms. The normalized spacial score (nSPS) is 11.4. The maximum atomic E-state index is 11.8. The molecule has 0 aliphatic rings. The highest BCUT2D eigenvalue weighted by atomic mass is 32.2. The zero-order valence-corrected chi connectivity index (χ0v) is 18.9. The largest absolute Gasteiger partial charge is 0.429 e. The summed E-state index contributed by atoms with van der Waals surface area (Å²) >= 11 is 1.49. The van der Waals surface area contributed by atoms with Gasteiger partial charge in [-0.1, -0.05) is 43.8 Å². The highest BCUT2D eigenvalue weighted by Gasteiger charge is 2.19. The van der Waals surface area contributed by atoms with E-state index in [-0.39, 0.29) is 4.90 Å². The van der Waals surface area contributed by atoms with E-state index in [0.29, 0.717) is 23.1 Å². The number of nitrogens with zero attached hydrogens (tertiary/aromatic N) is 1. The minimum Gasteiger partial charge on any atom is -0.429 e. The van der Waals surface area contributed by atoms with E-state index in [1.54, 1.807) is 24.3 Å². The van der Waals surface area contributed by atoms with E-state index in [1.165, 1.54) is 23.6 Å². The predicted octanol–water partition coefficient (Wildman–Crippen LogP) is 6.44. The summed E-state index contributed by atoms with van der Waals surface area (Å²) in [5, 5.41) is 0.654. The molecule has 2 aromatic carbocycles. The van der Waals surface area contributed by atoms with Crippen molar-refractivity contribution in [2.45, 2.75) is 41.1 Å². The smallest absolute Gasteiger partial charge is 0.223 e. The zero-order chi connectivity index (χ0) is 21.7. The van der Waals surface area contributed by atoms with Crippen molar-refractivity contribution in [1.82, 2.24) is 4.98 Å². The molecule has 0 fully saturated rings. The van der Waals surface area contributed by atoms with Crippen molar-refractivity contribution >= 4 is 27.2 Å². The summed E-state index contributed by atoms with van der Waals surface area (Å²) in [4.78, 5) is 6.00. The number of benzene rings is 2. The maximum absolute atomic E-state index is 11.8. The lowest BCUT2D eigenvalue weighted by atomic mass is 10.1. The van der Waals surface area contributed by atoms with Crippen molar-refractivity contribution in [3.63, 3.8) is 0 Å². The lowest BCUT2D eigenvalue weighted by molar-refractivity contribution is 0.457. The van der Waals surface area contributed by atoms with Crippen LogP contribution < -0.4 is 0 Å². The Balaban J connectivity index is 1.99. The van der Waals surface area contributed by atoms with Crippen molar-refractivity contribution < 1.29 is 12.8 Å². The van der Waals surface area contributed by atoms with Gasteiger partial charge in [-0.15, -0.1) is 6.58 Å². The highest BCUT2D eigenvalue weighted by molar-refractivity contribution is 7.99. The average Bonchev–Trinajstić information content (AvgIpc) is 3.16. The van der Waals surface area contributed by atoms with Gasteiger partial charge < -0.3 is 4.42 Å². The molecular formula is C24H25NO3S2. The van der Waals surface area contributed by atoms with Crippen LogP contribution in [-0.2, 0) is 16.3 Å². The summed E-state index contributed by atoms with van der Waals surface area (Å²) in [5.74, 6) is 0.492. The number of aryl methyl sites for hydroxylation is 1. The van der Waals surface area contributed by atoms with Crippen molar-refractivity contribution in [3.8, 4) is 11.3 Å². The van der Waals surface area contributed by atoms with Crippen LogP contribution >= 0.6 is 11.8 Å². The molecule has 0 saturated carbocycles. The first-order chi connectivity index (χ1) is 14.3. The molecule has 0 aliphatic carbocycles. The van der Waals surface area contributed by atoms with Gasteiger partial charge in [-0.3, -0.25) is 0 Å². The lowest BCUT2D eigenvalue weighted by Crippen LogP contribution is -1.96. The first kappa shape index (κ1) is 22.1. The molecule has 3 aromatic rings. The molecule has 0 atom stereocenters. The minimum absolute atomic E-state index is 0.273. The Bertz CT molecular complexity index is 1140. The van der Waals surface area contributed by atoms with E-state index >= 15 is 0 Å². The van der Waals surface area contributed by atoms with Crippen LogP contribution in [0.3, 0.4) is 0 Å². The maximum Gasteiger partial charge on any atom is 0.223 e. The van der Waals surface area contributed by atoms with Crippen LogP contribution in [0.4, 0.5) is 0 Å². The molecular weight excluding hydrogens is 414 g/mol. The Morgan fingerprint density at radius 1 is 1.13 bits per heavy atom. The molecule has 0 N–H and O–H groups in total. The predicted molar refractivity (Wildman–Crippen MR) is 123 cm³/mol. The Morgan fingerprint density at radius 3 is 2.37 bits per heavy atom. The third kappa shape index (κ3) is 5.32. The van der Waals surface area contributed by atoms with Gasteiger partial charge in [-0.2, -0.15) is 0 Å². The van der Waals surface area contributed by atoms with Crippen LogP contribution in [0.5, 0.6) is 0 Å². The number of oxazole rings is 1. The number of rotatable bonds is 9. The molecule has 0 saturated heterocycles. The Kier molecular flexibility index (Phi) is 7.00. The molecule has 4 nitrogen and oxygen atoms in total. The molecule has 1 heterocycles. The summed E-state index contributed by atoms with van der Waals surface area (Å²) in [5.41, 5.74) is 3.54. The second-order valence-corrected chi connectivity index (χ2v) is 10.0. The summed E-state index contributed by atoms with van der Waals surface area (Å²) in [6, 6.07) is 15.0. The average molecular weight is 440 g/mol. The second-order valence-electron chi connectivity index (χ2n) is 6.98. The van der Waals surface area contributed by atoms with Crippen LogP contribution in [0.2, 0.25) is 0 Å². The van der Waals surface area contributed by atoms with Crippen LogP contribution in [0.25, 0.3) is 16.8 Å². The highest BCUT2D eigenvalue weighted by Crippen LogP contribution is 2.38. The van der Waals surface area contributed by atoms with Gasteiger partial charge in [-0.25, -0.2) is 13.4 Å². The van der Waals surface area contributed by atoms with Crippen LogP contribution in [0, 0.1) is 0 Å². The quantitative estimate of drug-likeness (QED) is 0.359. The van der Waals surface area contributed by atoms with Crippen LogP contribution in [0.1, 0.15) is 31.2 Å². The minimum atomic E-state index is -3.26. The SMILES string of the molecule is C=CCCC(=C)c1nc(-c2ccc(S(C)(=O)=O)cc2)c(Sc2ccc(CC)cc2)o1. The van der Waals surface area contributed by atoms with Crippen molar-refractivity contribution in [2.24, 2.45) is 0 Å². The van der Waals surface area contributed by atoms with Crippen LogP contribution in [-0.4, -0.2) is 19.7 Å². The lowest BCUT2D eigenvalue weighted by Gasteiger charge is -2.04. The molecule has 0 radical (unpaired) electrons. The van der Waals surface area contributed by atoms with E-state index in [1.807, 2.05) is 6.08 Å². The van der Waals surface area contributed by atoms with E-state index in [2.05, 4.69) is 49.3 Å². The third-order valence-corrected chi connectivity index (χ3v) is 6.75. The summed E-state index contributed by atoms with van der Waals surface area (Å²) in [7, 11) is -3.26. The summed E-state index contributed by atoms with van der Waals surface area (Å²) in [6.45, 7) is 9.97. The molecule has 0 aliphatic heterocycles. The Labute approximate surface area is 182 Å². The summed E-state index contributed by atoms with van der Waals surface area (Å²) < 4.78 is 29.6. The first-order valence-corrected chi connectivity index (χ1v) is 12.4. The topological polar surface area (TPSA) is 60.2 Å². The van der Waals surface area contributed by atoms with Crippen molar-refractivity contribution in [3.05, 3.63) is 79.2 Å². The van der Waals surface area contributed by atoms with Gasteiger partial charge >= 0.3 is 0 Å². The number of allylic oxidation sites excluding steroid dienone is 2. The molecule has 0 spiro atoms. The number of hydrogen-bond donors (Lipinski definition) is 0. The van der Waals surface area contributed by atoms with E-state index in [4.69, 9.17) is 4.42 Å². The molecule has 0 unspecified atom stereocenters. The second kappa shape index (κ2) is 9.49. The molecule has 156 valence electrons. The van der Waals surface area contributed by atoms with Gasteiger partial charge in [-0.05, 0) is 60.9 Å². The van der Waals surface area contributed by atoms with Crippen molar-refractivity contribution in [2.75, 3.05) is 6.26 Å². The standard InChI is InChI=1S/C24H25NO3S2/c1-5-7-8-17(3)23-25-22(19-11-15-21(16-12-19)30(4,26)27)24(28-23)29-20-13-9-18(6-2)10-14-20/h5,9-16H,1,3,6-8H2,2,4H3. The van der Waals surface area contributed by atoms with Gasteiger partial charge in [0, 0.05) is 22.3 Å². The molecule has 6 heteroatoms. The molecule has 3 rings (SSSR count). The van der Waals surface area contributed by atoms with Gasteiger partial charge in [0.05, 0.1) is 4.90 Å². The van der Waals surface area contributed by atoms with E-state index in [0.717, 1.165) is 28.9 Å². The first-order valence-electron chi connectivity index (χ1n) is 9.69. The molecule has 1 aromatic heterocycles. The van der Waals surface area contributed by atoms with E-state index in [9.17, 15) is 8.42 Å². The van der Waals surface area contributed by atoms with Crippen molar-refractivity contribution in [1.29, 1.82) is 0 Å². The number of sulfone groups is 1. The van der Waals surface area contributed by atoms with Gasteiger partial charge in [0.25, 0.3) is 0 Å². The van der Waals surface area contributed by atoms with Gasteiger partial charge in [0.15, 0.2) is 14.9 Å². The third-order valence-electron chi connectivity index (χ3n) is 4.65. The Morgan fingerprint density at radius 2 is 1.80 bits per heavy atom. The van der Waals surface area contributed by atoms with E-state index < -0.39 is 9.84 Å². The summed E-state index contributed by atoms with van der Waals surface area (Å²) in [6.07, 6.45) is 5.52. The number of hydrogen-bond acceptors (Lipinski definition) is 5.